The summed E-state index contributed by atoms with van der Waals surface area (Å²) in [6.45, 7) is 7.05. The molecule has 33 heavy (non-hydrogen) atoms. The first-order valence-electron chi connectivity index (χ1n) is 11.0. The summed E-state index contributed by atoms with van der Waals surface area (Å²) < 4.78 is 11.8. The van der Waals surface area contributed by atoms with Crippen molar-refractivity contribution in [2.75, 3.05) is 0 Å². The van der Waals surface area contributed by atoms with Gasteiger partial charge in [-0.05, 0) is 37.1 Å². The Morgan fingerprint density at radius 2 is 1.79 bits per heavy atom. The second-order valence-corrected chi connectivity index (χ2v) is 9.41. The van der Waals surface area contributed by atoms with E-state index in [0.717, 1.165) is 45.2 Å². The number of thiazole rings is 1. The van der Waals surface area contributed by atoms with E-state index < -0.39 is 0 Å². The molecule has 0 unspecified atom stereocenters. The van der Waals surface area contributed by atoms with E-state index in [1.165, 1.54) is 11.3 Å². The Bertz CT molecular complexity index is 1530. The molecule has 0 radical (unpaired) electrons. The number of benzene rings is 2. The highest BCUT2D eigenvalue weighted by atomic mass is 32.1. The quantitative estimate of drug-likeness (QED) is 0.342. The van der Waals surface area contributed by atoms with Crippen LogP contribution in [-0.2, 0) is 13.6 Å². The zero-order valence-electron chi connectivity index (χ0n) is 19.1. The molecule has 3 heterocycles. The zero-order valence-corrected chi connectivity index (χ0v) is 20.0. The highest BCUT2D eigenvalue weighted by Gasteiger charge is 2.18. The summed E-state index contributed by atoms with van der Waals surface area (Å²) in [7, 11) is 1.89. The molecule has 0 saturated heterocycles. The first kappa shape index (κ1) is 21.3. The third-order valence-electron chi connectivity index (χ3n) is 5.75. The largest absolute Gasteiger partial charge is 0.454 e. The van der Waals surface area contributed by atoms with Crippen molar-refractivity contribution in [2.24, 2.45) is 18.0 Å². The van der Waals surface area contributed by atoms with E-state index in [9.17, 15) is 4.79 Å². The highest BCUT2D eigenvalue weighted by molar-refractivity contribution is 7.07. The number of aromatic nitrogens is 3. The number of rotatable bonds is 5. The average Bonchev–Trinajstić information content (AvgIpc) is 3.46. The normalized spacial score (nSPS) is 12.3. The first-order valence-corrected chi connectivity index (χ1v) is 11.9. The van der Waals surface area contributed by atoms with Crippen LogP contribution in [-0.4, -0.2) is 13.9 Å². The molecule has 2 aromatic carbocycles. The standard InChI is InChI=1S/C26H26N4O2S/c1-17(2)15-29-21(23-14-19-10-8-9-13-22(19)32-23)16-33-26(29)27-24-18(3)28(4)30(25(24)31)20-11-6-5-7-12-20/h5-14,16-17H,15H2,1-4H3. The fraction of sp³-hybridized carbons (Fsp3) is 0.231. The van der Waals surface area contributed by atoms with Gasteiger partial charge in [-0.3, -0.25) is 9.48 Å². The molecule has 0 aliphatic rings. The fourth-order valence-electron chi connectivity index (χ4n) is 4.04. The van der Waals surface area contributed by atoms with Crippen LogP contribution in [0, 0.1) is 12.8 Å². The van der Waals surface area contributed by atoms with Gasteiger partial charge in [-0.15, -0.1) is 11.3 Å². The van der Waals surface area contributed by atoms with E-state index >= 15 is 0 Å². The summed E-state index contributed by atoms with van der Waals surface area (Å²) in [4.78, 5) is 19.0. The average molecular weight is 459 g/mol. The van der Waals surface area contributed by atoms with Gasteiger partial charge in [0, 0.05) is 24.4 Å². The summed E-state index contributed by atoms with van der Waals surface area (Å²) >= 11 is 1.52. The van der Waals surface area contributed by atoms with E-state index in [1.54, 1.807) is 4.68 Å². The number of para-hydroxylation sites is 2. The number of furan rings is 1. The molecule has 7 heteroatoms. The summed E-state index contributed by atoms with van der Waals surface area (Å²) in [5, 5.41) is 3.13. The van der Waals surface area contributed by atoms with E-state index in [2.05, 4.69) is 29.9 Å². The molecule has 0 fully saturated rings. The van der Waals surface area contributed by atoms with Crippen LogP contribution < -0.4 is 10.4 Å². The van der Waals surface area contributed by atoms with Crippen LogP contribution in [0.15, 0.2) is 80.2 Å². The Kier molecular flexibility index (Phi) is 5.42. The lowest BCUT2D eigenvalue weighted by Crippen LogP contribution is -2.21. The molecule has 0 aliphatic carbocycles. The predicted octanol–water partition coefficient (Wildman–Crippen LogP) is 5.65. The second-order valence-electron chi connectivity index (χ2n) is 8.58. The van der Waals surface area contributed by atoms with Crippen molar-refractivity contribution in [3.05, 3.63) is 86.9 Å². The molecule has 0 spiro atoms. The smallest absolute Gasteiger partial charge is 0.297 e. The van der Waals surface area contributed by atoms with Crippen molar-refractivity contribution in [3.63, 3.8) is 0 Å². The minimum Gasteiger partial charge on any atom is -0.454 e. The van der Waals surface area contributed by atoms with Crippen molar-refractivity contribution in [1.29, 1.82) is 0 Å². The molecule has 6 nitrogen and oxygen atoms in total. The number of nitrogens with zero attached hydrogens (tertiary/aromatic N) is 4. The fourth-order valence-corrected chi connectivity index (χ4v) is 4.95. The van der Waals surface area contributed by atoms with Crippen molar-refractivity contribution >= 4 is 28.0 Å². The van der Waals surface area contributed by atoms with E-state index in [1.807, 2.05) is 73.3 Å². The molecule has 168 valence electrons. The van der Waals surface area contributed by atoms with Gasteiger partial charge in [0.05, 0.1) is 17.1 Å². The minimum absolute atomic E-state index is 0.129. The summed E-state index contributed by atoms with van der Waals surface area (Å²) in [5.74, 6) is 1.21. The maximum absolute atomic E-state index is 13.4. The van der Waals surface area contributed by atoms with E-state index in [4.69, 9.17) is 9.41 Å². The van der Waals surface area contributed by atoms with Crippen LogP contribution in [0.5, 0.6) is 0 Å². The van der Waals surface area contributed by atoms with Crippen LogP contribution in [0.25, 0.3) is 28.1 Å². The Morgan fingerprint density at radius 3 is 2.52 bits per heavy atom. The van der Waals surface area contributed by atoms with Crippen LogP contribution in [0.2, 0.25) is 0 Å². The summed E-state index contributed by atoms with van der Waals surface area (Å²) in [5.41, 5.74) is 3.80. The molecule has 5 aromatic rings. The topological polar surface area (TPSA) is 57.4 Å². The maximum Gasteiger partial charge on any atom is 0.297 e. The SMILES string of the molecule is Cc1c(N=c2scc(-c3cc4ccccc4o3)n2CC(C)C)c(=O)n(-c2ccccc2)n1C. The Hall–Kier alpha value is -3.58. The third kappa shape index (κ3) is 3.78. The molecule has 3 aromatic heterocycles. The predicted molar refractivity (Wildman–Crippen MR) is 133 cm³/mol. The summed E-state index contributed by atoms with van der Waals surface area (Å²) in [6.07, 6.45) is 0. The lowest BCUT2D eigenvalue weighted by molar-refractivity contribution is 0.511. The number of hydrogen-bond acceptors (Lipinski definition) is 4. The Labute approximate surface area is 195 Å². The zero-order chi connectivity index (χ0) is 23.1. The molecule has 0 aliphatic heterocycles. The summed E-state index contributed by atoms with van der Waals surface area (Å²) in [6, 6.07) is 19.7. The van der Waals surface area contributed by atoms with Gasteiger partial charge in [-0.1, -0.05) is 50.2 Å². The van der Waals surface area contributed by atoms with Crippen LogP contribution in [0.1, 0.15) is 19.5 Å². The van der Waals surface area contributed by atoms with Gasteiger partial charge in [0.15, 0.2) is 16.2 Å². The van der Waals surface area contributed by atoms with Gasteiger partial charge in [0.25, 0.3) is 5.56 Å². The van der Waals surface area contributed by atoms with E-state index in [0.29, 0.717) is 11.6 Å². The Balaban J connectivity index is 1.69. The molecule has 0 saturated carbocycles. The molecule has 0 bridgehead atoms. The molecule has 0 amide bonds. The highest BCUT2D eigenvalue weighted by Crippen LogP contribution is 2.29. The molecule has 0 N–H and O–H groups in total. The van der Waals surface area contributed by atoms with Gasteiger partial charge in [0.2, 0.25) is 0 Å². The first-order chi connectivity index (χ1) is 15.9. The third-order valence-corrected chi connectivity index (χ3v) is 6.62. The Morgan fingerprint density at radius 1 is 1.06 bits per heavy atom. The van der Waals surface area contributed by atoms with Gasteiger partial charge < -0.3 is 8.98 Å². The van der Waals surface area contributed by atoms with Gasteiger partial charge in [-0.2, -0.15) is 0 Å². The number of hydrogen-bond donors (Lipinski definition) is 0. The molecular weight excluding hydrogens is 432 g/mol. The van der Waals surface area contributed by atoms with Crippen LogP contribution in [0.3, 0.4) is 0 Å². The van der Waals surface area contributed by atoms with Crippen molar-refractivity contribution in [2.45, 2.75) is 27.3 Å². The minimum atomic E-state index is -0.129. The maximum atomic E-state index is 13.4. The van der Waals surface area contributed by atoms with Crippen LogP contribution >= 0.6 is 11.3 Å². The van der Waals surface area contributed by atoms with Gasteiger partial charge in [-0.25, -0.2) is 9.67 Å². The van der Waals surface area contributed by atoms with Crippen molar-refractivity contribution in [1.82, 2.24) is 13.9 Å². The molecule has 0 atom stereocenters. The van der Waals surface area contributed by atoms with Crippen LogP contribution in [0.4, 0.5) is 5.69 Å². The van der Waals surface area contributed by atoms with Crippen molar-refractivity contribution in [3.8, 4) is 17.1 Å². The molecular formula is C26H26N4O2S. The van der Waals surface area contributed by atoms with Crippen molar-refractivity contribution < 1.29 is 4.42 Å². The lowest BCUT2D eigenvalue weighted by atomic mass is 10.2. The second kappa shape index (κ2) is 8.41. The molecule has 5 rings (SSSR count). The lowest BCUT2D eigenvalue weighted by Gasteiger charge is -2.09. The monoisotopic (exact) mass is 458 g/mol. The van der Waals surface area contributed by atoms with Gasteiger partial charge in [0.1, 0.15) is 5.58 Å². The van der Waals surface area contributed by atoms with E-state index in [-0.39, 0.29) is 5.56 Å². The number of fused-ring (bicyclic) bond motifs is 1. The van der Waals surface area contributed by atoms with Gasteiger partial charge >= 0.3 is 0 Å².